The quantitative estimate of drug-likeness (QED) is 0.872. The molecule has 2 amide bonds. The lowest BCUT2D eigenvalue weighted by atomic mass is 9.85. The van der Waals surface area contributed by atoms with Crippen LogP contribution >= 0.6 is 11.8 Å². The molecule has 6 heteroatoms. The Hall–Kier alpha value is -1.95. The van der Waals surface area contributed by atoms with E-state index in [-0.39, 0.29) is 11.8 Å². The van der Waals surface area contributed by atoms with Crippen molar-refractivity contribution >= 4 is 40.2 Å². The van der Waals surface area contributed by atoms with Crippen molar-refractivity contribution in [3.8, 4) is 0 Å². The SMILES string of the molecule is Cn1ccc2cc(NC(=O)C3(N4CCC4=O)CCSCC3)ccc21. The topological polar surface area (TPSA) is 54.3 Å². The lowest BCUT2D eigenvalue weighted by Gasteiger charge is -2.49. The number of nitrogens with one attached hydrogen (secondary N) is 1. The molecule has 0 saturated carbocycles. The maximum absolute atomic E-state index is 13.1. The van der Waals surface area contributed by atoms with Crippen molar-refractivity contribution in [1.82, 2.24) is 9.47 Å². The molecule has 1 N–H and O–H groups in total. The molecular formula is C18H21N3O2S. The number of benzene rings is 1. The minimum atomic E-state index is -0.660. The van der Waals surface area contributed by atoms with Crippen LogP contribution in [-0.4, -0.2) is 44.9 Å². The number of carbonyl (C=O) groups excluding carboxylic acids is 2. The van der Waals surface area contributed by atoms with E-state index in [1.165, 1.54) is 0 Å². The van der Waals surface area contributed by atoms with Crippen LogP contribution < -0.4 is 5.32 Å². The Morgan fingerprint density at radius 3 is 2.71 bits per heavy atom. The van der Waals surface area contributed by atoms with Gasteiger partial charge in [0.25, 0.3) is 0 Å². The molecule has 2 fully saturated rings. The Labute approximate surface area is 145 Å². The van der Waals surface area contributed by atoms with Crippen LogP contribution in [0.3, 0.4) is 0 Å². The molecule has 2 aromatic rings. The predicted molar refractivity (Wildman–Crippen MR) is 97.2 cm³/mol. The zero-order chi connectivity index (χ0) is 16.7. The number of fused-ring (bicyclic) bond motifs is 1. The Morgan fingerprint density at radius 1 is 1.25 bits per heavy atom. The number of rotatable bonds is 3. The van der Waals surface area contributed by atoms with Gasteiger partial charge in [-0.3, -0.25) is 9.59 Å². The number of anilines is 1. The summed E-state index contributed by atoms with van der Waals surface area (Å²) in [5.74, 6) is 1.92. The van der Waals surface area contributed by atoms with Gasteiger partial charge in [-0.05, 0) is 48.6 Å². The molecule has 4 rings (SSSR count). The minimum Gasteiger partial charge on any atom is -0.351 e. The van der Waals surface area contributed by atoms with E-state index < -0.39 is 5.54 Å². The molecule has 3 heterocycles. The van der Waals surface area contributed by atoms with Crippen LogP contribution in [0.25, 0.3) is 10.9 Å². The minimum absolute atomic E-state index is 0.0360. The van der Waals surface area contributed by atoms with Crippen molar-refractivity contribution in [2.24, 2.45) is 7.05 Å². The van der Waals surface area contributed by atoms with Gasteiger partial charge in [0.2, 0.25) is 11.8 Å². The van der Waals surface area contributed by atoms with E-state index in [1.54, 1.807) is 4.90 Å². The molecular weight excluding hydrogens is 322 g/mol. The van der Waals surface area contributed by atoms with Crippen LogP contribution in [0.1, 0.15) is 19.3 Å². The number of β-lactam (4-membered cyclic amide) rings is 1. The molecule has 0 radical (unpaired) electrons. The monoisotopic (exact) mass is 343 g/mol. The number of aromatic nitrogens is 1. The molecule has 0 aliphatic carbocycles. The summed E-state index contributed by atoms with van der Waals surface area (Å²) in [6, 6.07) is 7.99. The number of aryl methyl sites for hydroxylation is 1. The number of nitrogens with zero attached hydrogens (tertiary/aromatic N) is 2. The van der Waals surface area contributed by atoms with Gasteiger partial charge in [-0.25, -0.2) is 0 Å². The third kappa shape index (κ3) is 2.40. The normalized spacial score (nSPS) is 20.0. The van der Waals surface area contributed by atoms with Gasteiger partial charge < -0.3 is 14.8 Å². The highest BCUT2D eigenvalue weighted by molar-refractivity contribution is 7.99. The van der Waals surface area contributed by atoms with Gasteiger partial charge >= 0.3 is 0 Å². The van der Waals surface area contributed by atoms with Crippen LogP contribution in [0, 0.1) is 0 Å². The molecule has 2 aliphatic heterocycles. The first kappa shape index (κ1) is 15.6. The number of likely N-dealkylation sites (tertiary alicyclic amines) is 1. The largest absolute Gasteiger partial charge is 0.351 e. The molecule has 126 valence electrons. The fourth-order valence-corrected chi connectivity index (χ4v) is 4.87. The lowest BCUT2D eigenvalue weighted by molar-refractivity contribution is -0.155. The van der Waals surface area contributed by atoms with E-state index in [4.69, 9.17) is 0 Å². The molecule has 0 atom stereocenters. The summed E-state index contributed by atoms with van der Waals surface area (Å²) in [5, 5.41) is 4.17. The Bertz CT molecular complexity index is 808. The lowest BCUT2D eigenvalue weighted by Crippen LogP contribution is -2.65. The second kappa shape index (κ2) is 5.84. The second-order valence-corrected chi connectivity index (χ2v) is 7.82. The first-order valence-corrected chi connectivity index (χ1v) is 9.50. The van der Waals surface area contributed by atoms with Crippen LogP contribution in [0.2, 0.25) is 0 Å². The summed E-state index contributed by atoms with van der Waals surface area (Å²) < 4.78 is 2.06. The molecule has 1 aromatic carbocycles. The Balaban J connectivity index is 1.61. The van der Waals surface area contributed by atoms with E-state index in [0.717, 1.165) is 40.9 Å². The highest BCUT2D eigenvalue weighted by atomic mass is 32.2. The molecule has 2 aliphatic rings. The van der Waals surface area contributed by atoms with Crippen molar-refractivity contribution in [2.75, 3.05) is 23.4 Å². The van der Waals surface area contributed by atoms with Gasteiger partial charge in [-0.1, -0.05) is 0 Å². The zero-order valence-electron chi connectivity index (χ0n) is 13.7. The van der Waals surface area contributed by atoms with E-state index in [1.807, 2.05) is 49.3 Å². The summed E-state index contributed by atoms with van der Waals surface area (Å²) in [7, 11) is 2.00. The highest BCUT2D eigenvalue weighted by Gasteiger charge is 2.50. The zero-order valence-corrected chi connectivity index (χ0v) is 14.6. The summed E-state index contributed by atoms with van der Waals surface area (Å²) in [6.45, 7) is 0.703. The van der Waals surface area contributed by atoms with Crippen molar-refractivity contribution in [3.05, 3.63) is 30.5 Å². The van der Waals surface area contributed by atoms with Crippen molar-refractivity contribution in [1.29, 1.82) is 0 Å². The number of hydrogen-bond acceptors (Lipinski definition) is 3. The molecule has 2 saturated heterocycles. The van der Waals surface area contributed by atoms with Crippen LogP contribution in [0.5, 0.6) is 0 Å². The summed E-state index contributed by atoms with van der Waals surface area (Å²) in [5.41, 5.74) is 1.27. The number of hydrogen-bond donors (Lipinski definition) is 1. The number of carbonyl (C=O) groups is 2. The van der Waals surface area contributed by atoms with Gasteiger partial charge in [0.15, 0.2) is 0 Å². The molecule has 24 heavy (non-hydrogen) atoms. The van der Waals surface area contributed by atoms with Crippen LogP contribution in [0.4, 0.5) is 5.69 Å². The molecule has 1 aromatic heterocycles. The molecule has 0 unspecified atom stereocenters. The molecule has 0 spiro atoms. The standard InChI is InChI=1S/C18H21N3O2S/c1-20-8-4-13-12-14(2-3-15(13)20)19-17(23)18(6-10-24-11-7-18)21-9-5-16(21)22/h2-4,8,12H,5-7,9-11H2,1H3,(H,19,23). The maximum Gasteiger partial charge on any atom is 0.250 e. The first-order valence-electron chi connectivity index (χ1n) is 8.35. The smallest absolute Gasteiger partial charge is 0.250 e. The van der Waals surface area contributed by atoms with Gasteiger partial charge in [-0.2, -0.15) is 11.8 Å². The Kier molecular flexibility index (Phi) is 3.79. The third-order valence-corrected chi connectivity index (χ3v) is 6.24. The molecule has 0 bridgehead atoms. The first-order chi connectivity index (χ1) is 11.6. The second-order valence-electron chi connectivity index (χ2n) is 6.59. The van der Waals surface area contributed by atoms with E-state index in [0.29, 0.717) is 13.0 Å². The van der Waals surface area contributed by atoms with Gasteiger partial charge in [0.05, 0.1) is 0 Å². The molecule has 5 nitrogen and oxygen atoms in total. The van der Waals surface area contributed by atoms with Gasteiger partial charge in [-0.15, -0.1) is 0 Å². The van der Waals surface area contributed by atoms with Crippen LogP contribution in [0.15, 0.2) is 30.5 Å². The third-order valence-electron chi connectivity index (χ3n) is 5.25. The van der Waals surface area contributed by atoms with Crippen molar-refractivity contribution in [2.45, 2.75) is 24.8 Å². The van der Waals surface area contributed by atoms with Crippen molar-refractivity contribution < 1.29 is 9.59 Å². The van der Waals surface area contributed by atoms with Gasteiger partial charge in [0.1, 0.15) is 5.54 Å². The summed E-state index contributed by atoms with van der Waals surface area (Å²) >= 11 is 1.86. The van der Waals surface area contributed by atoms with Crippen molar-refractivity contribution in [3.63, 3.8) is 0 Å². The van der Waals surface area contributed by atoms with E-state index in [9.17, 15) is 9.59 Å². The average molecular weight is 343 g/mol. The fraction of sp³-hybridized carbons (Fsp3) is 0.444. The Morgan fingerprint density at radius 2 is 2.04 bits per heavy atom. The highest BCUT2D eigenvalue weighted by Crippen LogP contribution is 2.37. The van der Waals surface area contributed by atoms with E-state index >= 15 is 0 Å². The van der Waals surface area contributed by atoms with Gasteiger partial charge in [0, 0.05) is 42.8 Å². The van der Waals surface area contributed by atoms with E-state index in [2.05, 4.69) is 9.88 Å². The number of thioether (sulfide) groups is 1. The fourth-order valence-electron chi connectivity index (χ4n) is 3.70. The number of amides is 2. The summed E-state index contributed by atoms with van der Waals surface area (Å²) in [6.07, 6.45) is 4.05. The predicted octanol–water partition coefficient (Wildman–Crippen LogP) is 2.61. The maximum atomic E-state index is 13.1. The van der Waals surface area contributed by atoms with Crippen LogP contribution in [-0.2, 0) is 16.6 Å². The summed E-state index contributed by atoms with van der Waals surface area (Å²) in [4.78, 5) is 26.9. The average Bonchev–Trinajstić information content (AvgIpc) is 2.95.